The Morgan fingerprint density at radius 2 is 2.00 bits per heavy atom. The molecule has 1 unspecified atom stereocenters. The Labute approximate surface area is 195 Å². The first-order chi connectivity index (χ1) is 15.8. The van der Waals surface area contributed by atoms with Crippen LogP contribution in [0.25, 0.3) is 10.9 Å². The van der Waals surface area contributed by atoms with Gasteiger partial charge in [-0.3, -0.25) is 14.5 Å². The van der Waals surface area contributed by atoms with E-state index in [0.717, 1.165) is 41.5 Å². The number of hydrogen-bond donors (Lipinski definition) is 3. The first-order valence-electron chi connectivity index (χ1n) is 11.8. The second kappa shape index (κ2) is 11.2. The molecule has 1 fully saturated rings. The topological polar surface area (TPSA) is 104 Å². The van der Waals surface area contributed by atoms with E-state index in [1.165, 1.54) is 4.90 Å². The molecule has 0 saturated carbocycles. The molecular formula is C25H36N4O4. The van der Waals surface area contributed by atoms with Crippen molar-refractivity contribution in [3.8, 4) is 5.75 Å². The van der Waals surface area contributed by atoms with Gasteiger partial charge in [0.25, 0.3) is 5.91 Å². The van der Waals surface area contributed by atoms with Crippen LogP contribution < -0.4 is 15.4 Å². The van der Waals surface area contributed by atoms with E-state index >= 15 is 0 Å². The number of methoxy groups -OCH3 is 1. The van der Waals surface area contributed by atoms with Crippen LogP contribution in [0.1, 0.15) is 58.4 Å². The molecule has 33 heavy (non-hydrogen) atoms. The second-order valence-corrected chi connectivity index (χ2v) is 9.30. The van der Waals surface area contributed by atoms with E-state index in [1.807, 2.05) is 31.3 Å². The molecule has 1 saturated heterocycles. The van der Waals surface area contributed by atoms with E-state index in [1.54, 1.807) is 7.11 Å². The van der Waals surface area contributed by atoms with E-state index in [2.05, 4.69) is 29.5 Å². The van der Waals surface area contributed by atoms with Crippen molar-refractivity contribution >= 4 is 28.7 Å². The highest BCUT2D eigenvalue weighted by molar-refractivity contribution is 6.04. The SMILES string of the molecule is COc1ccc2[nH]cc(CCN3C(=O)N[C@@H](CCC(=O)NC(C)CCCC(C)C)C3=O)c2c1. The van der Waals surface area contributed by atoms with Gasteiger partial charge < -0.3 is 20.4 Å². The largest absolute Gasteiger partial charge is 0.497 e. The Morgan fingerprint density at radius 1 is 1.21 bits per heavy atom. The maximum atomic E-state index is 12.8. The summed E-state index contributed by atoms with van der Waals surface area (Å²) in [5.41, 5.74) is 1.99. The van der Waals surface area contributed by atoms with Gasteiger partial charge >= 0.3 is 6.03 Å². The highest BCUT2D eigenvalue weighted by Gasteiger charge is 2.37. The molecule has 1 aliphatic heterocycles. The van der Waals surface area contributed by atoms with Crippen LogP contribution in [0.15, 0.2) is 24.4 Å². The normalized spacial score (nSPS) is 17.0. The van der Waals surface area contributed by atoms with Gasteiger partial charge in [-0.05, 0) is 55.9 Å². The van der Waals surface area contributed by atoms with Crippen molar-refractivity contribution in [1.82, 2.24) is 20.5 Å². The number of rotatable bonds is 12. The van der Waals surface area contributed by atoms with Gasteiger partial charge in [0.05, 0.1) is 7.11 Å². The lowest BCUT2D eigenvalue weighted by Gasteiger charge is -2.15. The lowest BCUT2D eigenvalue weighted by molar-refractivity contribution is -0.127. The molecule has 180 valence electrons. The fourth-order valence-electron chi connectivity index (χ4n) is 4.23. The molecule has 2 heterocycles. The van der Waals surface area contributed by atoms with Crippen LogP contribution in [0.2, 0.25) is 0 Å². The number of fused-ring (bicyclic) bond motifs is 1. The summed E-state index contributed by atoms with van der Waals surface area (Å²) < 4.78 is 5.30. The molecule has 2 aromatic rings. The molecule has 0 spiro atoms. The molecule has 0 aliphatic carbocycles. The summed E-state index contributed by atoms with van der Waals surface area (Å²) in [7, 11) is 1.62. The number of hydrogen-bond acceptors (Lipinski definition) is 4. The Hall–Kier alpha value is -3.03. The van der Waals surface area contributed by atoms with Crippen LogP contribution in [0.4, 0.5) is 4.79 Å². The number of amides is 4. The summed E-state index contributed by atoms with van der Waals surface area (Å²) in [6, 6.07) is 4.83. The van der Waals surface area contributed by atoms with Crippen molar-refractivity contribution in [2.75, 3.05) is 13.7 Å². The van der Waals surface area contributed by atoms with E-state index in [0.29, 0.717) is 18.8 Å². The highest BCUT2D eigenvalue weighted by Crippen LogP contribution is 2.24. The molecule has 3 rings (SSSR count). The minimum atomic E-state index is -0.650. The van der Waals surface area contributed by atoms with Crippen molar-refractivity contribution in [2.45, 2.75) is 71.4 Å². The van der Waals surface area contributed by atoms with Crippen molar-refractivity contribution < 1.29 is 19.1 Å². The Bertz CT molecular complexity index is 984. The average molecular weight is 457 g/mol. The van der Waals surface area contributed by atoms with Gasteiger partial charge in [0.1, 0.15) is 11.8 Å². The molecule has 2 atom stereocenters. The van der Waals surface area contributed by atoms with E-state index in [9.17, 15) is 14.4 Å². The third-order valence-corrected chi connectivity index (χ3v) is 6.17. The van der Waals surface area contributed by atoms with Gasteiger partial charge in [-0.15, -0.1) is 0 Å². The zero-order valence-electron chi connectivity index (χ0n) is 20.1. The highest BCUT2D eigenvalue weighted by atomic mass is 16.5. The number of aromatic amines is 1. The van der Waals surface area contributed by atoms with E-state index in [-0.39, 0.29) is 30.8 Å². The number of aromatic nitrogens is 1. The summed E-state index contributed by atoms with van der Waals surface area (Å²) in [4.78, 5) is 41.9. The van der Waals surface area contributed by atoms with Crippen LogP contribution in [0.3, 0.4) is 0 Å². The maximum Gasteiger partial charge on any atom is 0.324 e. The van der Waals surface area contributed by atoms with Gasteiger partial charge in [-0.25, -0.2) is 4.79 Å². The third kappa shape index (κ3) is 6.49. The average Bonchev–Trinajstić information content (AvgIpc) is 3.29. The second-order valence-electron chi connectivity index (χ2n) is 9.30. The van der Waals surface area contributed by atoms with Crippen molar-refractivity contribution in [1.29, 1.82) is 0 Å². The van der Waals surface area contributed by atoms with Crippen LogP contribution in [-0.4, -0.2) is 53.5 Å². The minimum absolute atomic E-state index is 0.0831. The molecular weight excluding hydrogens is 420 g/mol. The first kappa shape index (κ1) is 24.6. The summed E-state index contributed by atoms with van der Waals surface area (Å²) in [5, 5.41) is 6.73. The number of nitrogens with one attached hydrogen (secondary N) is 3. The Morgan fingerprint density at radius 3 is 2.73 bits per heavy atom. The molecule has 0 bridgehead atoms. The predicted octanol–water partition coefficient (Wildman–Crippen LogP) is 3.75. The molecule has 1 aromatic heterocycles. The third-order valence-electron chi connectivity index (χ3n) is 6.17. The van der Waals surface area contributed by atoms with Gasteiger partial charge in [-0.2, -0.15) is 0 Å². The zero-order chi connectivity index (χ0) is 24.0. The van der Waals surface area contributed by atoms with Crippen molar-refractivity contribution in [2.24, 2.45) is 5.92 Å². The fraction of sp³-hybridized carbons (Fsp3) is 0.560. The number of H-pyrrole nitrogens is 1. The zero-order valence-corrected chi connectivity index (χ0v) is 20.1. The minimum Gasteiger partial charge on any atom is -0.497 e. The number of imide groups is 1. The summed E-state index contributed by atoms with van der Waals surface area (Å²) in [5.74, 6) is 1.06. The van der Waals surface area contributed by atoms with Gasteiger partial charge in [0.2, 0.25) is 5.91 Å². The number of benzene rings is 1. The monoisotopic (exact) mass is 456 g/mol. The van der Waals surface area contributed by atoms with Crippen molar-refractivity contribution in [3.63, 3.8) is 0 Å². The van der Waals surface area contributed by atoms with Crippen LogP contribution in [0.5, 0.6) is 5.75 Å². The standard InChI is InChI=1S/C25H36N4O4/c1-16(2)6-5-7-17(3)27-23(30)11-10-22-24(31)29(25(32)28-22)13-12-18-15-26-21-9-8-19(33-4)14-20(18)21/h8-9,14-17,22,26H,5-7,10-13H2,1-4H3,(H,27,30)(H,28,32)/t17?,22-/m0/s1. The molecule has 3 N–H and O–H groups in total. The quantitative estimate of drug-likeness (QED) is 0.423. The number of urea groups is 1. The van der Waals surface area contributed by atoms with Crippen LogP contribution in [-0.2, 0) is 16.0 Å². The number of ether oxygens (including phenoxy) is 1. The van der Waals surface area contributed by atoms with Crippen LogP contribution >= 0.6 is 0 Å². The Kier molecular flexibility index (Phi) is 8.36. The summed E-state index contributed by atoms with van der Waals surface area (Å²) in [6.07, 6.45) is 6.10. The molecule has 8 heteroatoms. The maximum absolute atomic E-state index is 12.8. The van der Waals surface area contributed by atoms with E-state index < -0.39 is 12.1 Å². The van der Waals surface area contributed by atoms with Crippen molar-refractivity contribution in [3.05, 3.63) is 30.0 Å². The van der Waals surface area contributed by atoms with Gasteiger partial charge in [-0.1, -0.05) is 26.7 Å². The van der Waals surface area contributed by atoms with E-state index in [4.69, 9.17) is 4.74 Å². The molecule has 1 aromatic carbocycles. The summed E-state index contributed by atoms with van der Waals surface area (Å²) >= 11 is 0. The van der Waals surface area contributed by atoms with Crippen LogP contribution in [0, 0.1) is 5.92 Å². The lowest BCUT2D eigenvalue weighted by atomic mass is 10.0. The Balaban J connectivity index is 1.47. The van der Waals surface area contributed by atoms with Gasteiger partial charge in [0.15, 0.2) is 0 Å². The molecule has 1 aliphatic rings. The fourth-order valence-corrected chi connectivity index (χ4v) is 4.23. The molecule has 0 radical (unpaired) electrons. The number of nitrogens with zero attached hydrogens (tertiary/aromatic N) is 1. The van der Waals surface area contributed by atoms with Gasteiger partial charge in [0, 0.05) is 36.1 Å². The first-order valence-corrected chi connectivity index (χ1v) is 11.8. The lowest BCUT2D eigenvalue weighted by Crippen LogP contribution is -2.35. The smallest absolute Gasteiger partial charge is 0.324 e. The molecule has 4 amide bonds. The summed E-state index contributed by atoms with van der Waals surface area (Å²) in [6.45, 7) is 6.67. The predicted molar refractivity (Wildman–Crippen MR) is 128 cm³/mol. The molecule has 8 nitrogen and oxygen atoms in total. The number of carbonyl (C=O) groups is 3. The number of carbonyl (C=O) groups excluding carboxylic acids is 3.